The van der Waals surface area contributed by atoms with E-state index < -0.39 is 0 Å². The topological polar surface area (TPSA) is 63.2 Å². The number of imide groups is 1. The van der Waals surface area contributed by atoms with Crippen LogP contribution in [-0.4, -0.2) is 26.7 Å². The van der Waals surface area contributed by atoms with E-state index in [4.69, 9.17) is 0 Å². The second-order valence-electron chi connectivity index (χ2n) is 6.16. The Labute approximate surface area is 134 Å². The summed E-state index contributed by atoms with van der Waals surface area (Å²) in [4.78, 5) is 35.6. The van der Waals surface area contributed by atoms with Gasteiger partial charge in [0.05, 0.1) is 40.8 Å². The number of fused-ring (bicyclic) bond motifs is 2. The van der Waals surface area contributed by atoms with Gasteiger partial charge in [0.15, 0.2) is 0 Å². The molecule has 0 radical (unpaired) electrons. The number of carbonyl (C=O) groups excluding carboxylic acids is 2. The van der Waals surface area contributed by atoms with Gasteiger partial charge >= 0.3 is 0 Å². The molecule has 1 aromatic heterocycles. The number of rotatable bonds is 2. The van der Waals surface area contributed by atoms with Crippen molar-refractivity contribution in [2.75, 3.05) is 0 Å². The average molecular weight is 307 g/mol. The summed E-state index contributed by atoms with van der Waals surface area (Å²) in [6.07, 6.45) is 5.32. The van der Waals surface area contributed by atoms with Crippen LogP contribution in [0.15, 0.2) is 36.4 Å². The number of carbonyl (C=O) groups is 2. The lowest BCUT2D eigenvalue weighted by Gasteiger charge is -2.15. The zero-order chi connectivity index (χ0) is 16.0. The van der Waals surface area contributed by atoms with Crippen molar-refractivity contribution in [3.63, 3.8) is 0 Å². The highest BCUT2D eigenvalue weighted by Gasteiger charge is 2.47. The third-order valence-electron chi connectivity index (χ3n) is 4.75. The Kier molecular flexibility index (Phi) is 3.22. The second kappa shape index (κ2) is 5.26. The van der Waals surface area contributed by atoms with Gasteiger partial charge in [-0.2, -0.15) is 0 Å². The number of aryl methyl sites for hydroxylation is 1. The summed E-state index contributed by atoms with van der Waals surface area (Å²) in [7, 11) is 0. The molecular formula is C18H17N3O2. The minimum absolute atomic E-state index is 0.0706. The smallest absolute Gasteiger partial charge is 0.233 e. The Morgan fingerprint density at radius 2 is 1.57 bits per heavy atom. The number of nitrogens with zero attached hydrogens (tertiary/aromatic N) is 3. The van der Waals surface area contributed by atoms with Gasteiger partial charge in [0.2, 0.25) is 11.8 Å². The number of hydrogen-bond donors (Lipinski definition) is 0. The number of aromatic nitrogens is 2. The van der Waals surface area contributed by atoms with Crippen LogP contribution in [0.1, 0.15) is 24.2 Å². The minimum Gasteiger partial charge on any atom is -0.276 e. The Hall–Kier alpha value is -2.56. The van der Waals surface area contributed by atoms with Gasteiger partial charge in [0, 0.05) is 0 Å². The van der Waals surface area contributed by atoms with E-state index >= 15 is 0 Å². The molecule has 5 heteroatoms. The number of likely N-dealkylation sites (tertiary alicyclic amines) is 1. The normalized spacial score (nSPS) is 23.6. The van der Waals surface area contributed by atoms with E-state index in [2.05, 4.69) is 9.97 Å². The first-order valence-corrected chi connectivity index (χ1v) is 7.87. The molecule has 1 saturated heterocycles. The summed E-state index contributed by atoms with van der Waals surface area (Å²) in [5.74, 6) is -0.528. The van der Waals surface area contributed by atoms with Crippen molar-refractivity contribution < 1.29 is 9.59 Å². The maximum absolute atomic E-state index is 12.6. The Balaban J connectivity index is 1.67. The van der Waals surface area contributed by atoms with Crippen molar-refractivity contribution in [2.24, 2.45) is 11.8 Å². The van der Waals surface area contributed by atoms with Crippen molar-refractivity contribution in [3.05, 3.63) is 47.8 Å². The zero-order valence-electron chi connectivity index (χ0n) is 12.9. The van der Waals surface area contributed by atoms with Crippen LogP contribution < -0.4 is 0 Å². The molecule has 1 fully saturated rings. The molecule has 1 aromatic carbocycles. The third-order valence-corrected chi connectivity index (χ3v) is 4.75. The number of para-hydroxylation sites is 2. The summed E-state index contributed by atoms with van der Waals surface area (Å²) < 4.78 is 0. The molecule has 5 nitrogen and oxygen atoms in total. The largest absolute Gasteiger partial charge is 0.276 e. The van der Waals surface area contributed by atoms with E-state index in [0.717, 1.165) is 16.7 Å². The summed E-state index contributed by atoms with van der Waals surface area (Å²) >= 11 is 0. The minimum atomic E-state index is -0.193. The van der Waals surface area contributed by atoms with Crippen LogP contribution in [0.2, 0.25) is 0 Å². The highest BCUT2D eigenvalue weighted by atomic mass is 16.2. The molecule has 0 N–H and O–H groups in total. The molecule has 0 bridgehead atoms. The van der Waals surface area contributed by atoms with Crippen molar-refractivity contribution in [1.82, 2.24) is 14.9 Å². The first-order valence-electron chi connectivity index (χ1n) is 7.87. The Morgan fingerprint density at radius 1 is 1.00 bits per heavy atom. The quantitative estimate of drug-likeness (QED) is 0.631. The predicted molar refractivity (Wildman–Crippen MR) is 85.2 cm³/mol. The Bertz CT molecular complexity index is 817. The van der Waals surface area contributed by atoms with E-state index in [9.17, 15) is 9.59 Å². The molecule has 116 valence electrons. The van der Waals surface area contributed by atoms with Crippen LogP contribution in [-0.2, 0) is 16.1 Å². The first kappa shape index (κ1) is 14.1. The van der Waals surface area contributed by atoms with Gasteiger partial charge in [-0.05, 0) is 31.9 Å². The van der Waals surface area contributed by atoms with Gasteiger partial charge in [-0.1, -0.05) is 24.3 Å². The fraction of sp³-hybridized carbons (Fsp3) is 0.333. The van der Waals surface area contributed by atoms with Crippen LogP contribution in [0.5, 0.6) is 0 Å². The molecule has 1 aliphatic carbocycles. The van der Waals surface area contributed by atoms with Crippen LogP contribution in [0, 0.1) is 18.8 Å². The summed E-state index contributed by atoms with van der Waals surface area (Å²) in [6, 6.07) is 7.62. The average Bonchev–Trinajstić information content (AvgIpc) is 2.81. The third kappa shape index (κ3) is 2.23. The van der Waals surface area contributed by atoms with Gasteiger partial charge in [-0.25, -0.2) is 9.97 Å². The summed E-state index contributed by atoms with van der Waals surface area (Å²) in [5.41, 5.74) is 3.06. The predicted octanol–water partition coefficient (Wildman–Crippen LogP) is 2.39. The SMILES string of the molecule is Cc1nc2ccccc2nc1CN1C(=O)C2CC=CCC2C1=O. The number of amides is 2. The first-order chi connectivity index (χ1) is 11.1. The molecule has 2 heterocycles. The molecule has 2 aromatic rings. The molecule has 2 atom stereocenters. The molecule has 2 aliphatic rings. The second-order valence-corrected chi connectivity index (χ2v) is 6.16. The van der Waals surface area contributed by atoms with Gasteiger partial charge in [-0.3, -0.25) is 14.5 Å². The molecule has 1 aliphatic heterocycles. The van der Waals surface area contributed by atoms with Crippen molar-refractivity contribution in [2.45, 2.75) is 26.3 Å². The van der Waals surface area contributed by atoms with Crippen LogP contribution in [0.25, 0.3) is 11.0 Å². The van der Waals surface area contributed by atoms with E-state index in [1.807, 2.05) is 43.3 Å². The molecular weight excluding hydrogens is 290 g/mol. The maximum atomic E-state index is 12.6. The van der Waals surface area contributed by atoms with E-state index in [-0.39, 0.29) is 30.2 Å². The number of benzene rings is 1. The monoisotopic (exact) mass is 307 g/mol. The standard InChI is InChI=1S/C18H17N3O2/c1-11-16(20-15-9-5-4-8-14(15)19-11)10-21-17(22)12-6-2-3-7-13(12)18(21)23/h2-5,8-9,12-13H,6-7,10H2,1H3. The molecule has 0 spiro atoms. The van der Waals surface area contributed by atoms with Gasteiger partial charge < -0.3 is 0 Å². The van der Waals surface area contributed by atoms with Gasteiger partial charge in [0.1, 0.15) is 0 Å². The van der Waals surface area contributed by atoms with Gasteiger partial charge in [-0.15, -0.1) is 0 Å². The Morgan fingerprint density at radius 3 is 2.17 bits per heavy atom. The van der Waals surface area contributed by atoms with Crippen LogP contribution >= 0.6 is 0 Å². The highest BCUT2D eigenvalue weighted by molar-refractivity contribution is 6.05. The fourth-order valence-corrected chi connectivity index (χ4v) is 3.45. The molecule has 0 saturated carbocycles. The zero-order valence-corrected chi connectivity index (χ0v) is 12.9. The molecule has 4 rings (SSSR count). The van der Waals surface area contributed by atoms with Crippen LogP contribution in [0.4, 0.5) is 0 Å². The van der Waals surface area contributed by atoms with Crippen molar-refractivity contribution in [1.29, 1.82) is 0 Å². The lowest BCUT2D eigenvalue weighted by Crippen LogP contribution is -2.31. The van der Waals surface area contributed by atoms with Gasteiger partial charge in [0.25, 0.3) is 0 Å². The lowest BCUT2D eigenvalue weighted by atomic mass is 9.85. The highest BCUT2D eigenvalue weighted by Crippen LogP contribution is 2.35. The summed E-state index contributed by atoms with van der Waals surface area (Å²) in [6.45, 7) is 2.09. The lowest BCUT2D eigenvalue weighted by molar-refractivity contribution is -0.140. The fourth-order valence-electron chi connectivity index (χ4n) is 3.45. The number of allylic oxidation sites excluding steroid dienone is 2. The molecule has 2 amide bonds. The van der Waals surface area contributed by atoms with E-state index in [0.29, 0.717) is 18.5 Å². The molecule has 23 heavy (non-hydrogen) atoms. The van der Waals surface area contributed by atoms with E-state index in [1.165, 1.54) is 4.90 Å². The summed E-state index contributed by atoms with van der Waals surface area (Å²) in [5, 5.41) is 0. The maximum Gasteiger partial charge on any atom is 0.233 e. The van der Waals surface area contributed by atoms with Crippen molar-refractivity contribution in [3.8, 4) is 0 Å². The molecule has 2 unspecified atom stereocenters. The van der Waals surface area contributed by atoms with Crippen molar-refractivity contribution >= 4 is 22.8 Å². The number of hydrogen-bond acceptors (Lipinski definition) is 4. The van der Waals surface area contributed by atoms with E-state index in [1.54, 1.807) is 0 Å². The van der Waals surface area contributed by atoms with Crippen LogP contribution in [0.3, 0.4) is 0 Å².